The van der Waals surface area contributed by atoms with Crippen molar-refractivity contribution in [2.45, 2.75) is 13.1 Å². The maximum absolute atomic E-state index is 13.5. The molecule has 5 nitrogen and oxygen atoms in total. The number of nitrogens with zero attached hydrogens (tertiary/aromatic N) is 2. The molecule has 0 aliphatic carbocycles. The maximum atomic E-state index is 13.5. The normalized spacial score (nSPS) is 14.9. The van der Waals surface area contributed by atoms with Gasteiger partial charge in [0.2, 0.25) is 0 Å². The molecule has 5 rings (SSSR count). The van der Waals surface area contributed by atoms with Crippen molar-refractivity contribution in [2.24, 2.45) is 0 Å². The molecule has 4 aromatic rings. The smallest absolute Gasteiger partial charge is 0.329 e. The molecule has 3 amide bonds. The summed E-state index contributed by atoms with van der Waals surface area (Å²) in [5, 5.41) is 4.37. The number of fused-ring (bicyclic) bond motifs is 1. The van der Waals surface area contributed by atoms with Crippen molar-refractivity contribution in [3.05, 3.63) is 111 Å². The van der Waals surface area contributed by atoms with E-state index in [1.54, 1.807) is 30.3 Å². The van der Waals surface area contributed by atoms with E-state index in [0.717, 1.165) is 26.9 Å². The molecule has 3 aromatic carbocycles. The molecule has 0 bridgehead atoms. The molecule has 1 saturated heterocycles. The lowest BCUT2D eigenvalue weighted by atomic mass is 10.1. The number of carbonyl (C=O) groups excluding carboxylic acids is 2. The molecule has 0 spiro atoms. The second kappa shape index (κ2) is 8.97. The van der Waals surface area contributed by atoms with Crippen LogP contribution < -0.4 is 5.32 Å². The Kier molecular flexibility index (Phi) is 5.86. The van der Waals surface area contributed by atoms with Gasteiger partial charge in [-0.1, -0.05) is 47.5 Å². The van der Waals surface area contributed by atoms with Gasteiger partial charge in [0.25, 0.3) is 5.91 Å². The van der Waals surface area contributed by atoms with Crippen LogP contribution >= 0.6 is 23.2 Å². The van der Waals surface area contributed by atoms with Crippen molar-refractivity contribution in [2.75, 3.05) is 0 Å². The van der Waals surface area contributed by atoms with Gasteiger partial charge >= 0.3 is 6.03 Å². The lowest BCUT2D eigenvalue weighted by molar-refractivity contribution is -0.123. The molecule has 0 radical (unpaired) electrons. The topological polar surface area (TPSA) is 54.3 Å². The molecule has 1 aromatic heterocycles. The Morgan fingerprint density at radius 1 is 0.882 bits per heavy atom. The lowest BCUT2D eigenvalue weighted by Crippen LogP contribution is -2.30. The number of benzene rings is 3. The quantitative estimate of drug-likeness (QED) is 0.264. The zero-order valence-electron chi connectivity index (χ0n) is 17.8. The molecule has 1 aliphatic rings. The average molecular weight is 494 g/mol. The van der Waals surface area contributed by atoms with Crippen molar-refractivity contribution in [1.82, 2.24) is 14.8 Å². The van der Waals surface area contributed by atoms with Crippen LogP contribution in [0.5, 0.6) is 0 Å². The van der Waals surface area contributed by atoms with E-state index in [1.165, 1.54) is 12.1 Å². The monoisotopic (exact) mass is 493 g/mol. The van der Waals surface area contributed by atoms with Gasteiger partial charge < -0.3 is 9.88 Å². The molecule has 34 heavy (non-hydrogen) atoms. The molecule has 2 heterocycles. The van der Waals surface area contributed by atoms with Crippen molar-refractivity contribution in [1.29, 1.82) is 0 Å². The predicted molar refractivity (Wildman–Crippen MR) is 131 cm³/mol. The number of rotatable bonds is 5. The highest BCUT2D eigenvalue weighted by molar-refractivity contribution is 6.42. The zero-order valence-corrected chi connectivity index (χ0v) is 19.3. The summed E-state index contributed by atoms with van der Waals surface area (Å²) in [7, 11) is 0. The number of amides is 3. The SMILES string of the molecule is O=C1N/C(=C/c2ccc3c(ccn3Cc3cccc(F)c3)c2)C(=O)N1Cc1ccc(Cl)c(Cl)c1. The Balaban J connectivity index is 1.36. The molecular weight excluding hydrogens is 476 g/mol. The van der Waals surface area contributed by atoms with E-state index in [0.29, 0.717) is 22.2 Å². The van der Waals surface area contributed by atoms with E-state index < -0.39 is 11.9 Å². The molecule has 170 valence electrons. The van der Waals surface area contributed by atoms with Crippen LogP contribution in [0.25, 0.3) is 17.0 Å². The first kappa shape index (κ1) is 22.2. The molecular formula is C26H18Cl2FN3O2. The second-order valence-electron chi connectivity index (χ2n) is 8.02. The van der Waals surface area contributed by atoms with E-state index >= 15 is 0 Å². The molecule has 0 unspecified atom stereocenters. The minimum atomic E-state index is -0.496. The number of hydrogen-bond donors (Lipinski definition) is 1. The molecule has 0 atom stereocenters. The summed E-state index contributed by atoms with van der Waals surface area (Å²) in [6, 6.07) is 18.7. The molecule has 1 N–H and O–H groups in total. The summed E-state index contributed by atoms with van der Waals surface area (Å²) in [6.45, 7) is 0.626. The fraction of sp³-hybridized carbons (Fsp3) is 0.0769. The van der Waals surface area contributed by atoms with Crippen molar-refractivity contribution < 1.29 is 14.0 Å². The Hall–Kier alpha value is -3.61. The third-order valence-corrected chi connectivity index (χ3v) is 6.37. The van der Waals surface area contributed by atoms with E-state index in [-0.39, 0.29) is 18.1 Å². The maximum Gasteiger partial charge on any atom is 0.329 e. The van der Waals surface area contributed by atoms with Crippen LogP contribution in [0.4, 0.5) is 9.18 Å². The van der Waals surface area contributed by atoms with Crippen LogP contribution in [-0.2, 0) is 17.9 Å². The highest BCUT2D eigenvalue weighted by Crippen LogP contribution is 2.25. The number of imide groups is 1. The third-order valence-electron chi connectivity index (χ3n) is 5.64. The zero-order chi connectivity index (χ0) is 23.8. The fourth-order valence-corrected chi connectivity index (χ4v) is 4.30. The van der Waals surface area contributed by atoms with Crippen LogP contribution in [0.2, 0.25) is 10.0 Å². The van der Waals surface area contributed by atoms with Gasteiger partial charge in [-0.25, -0.2) is 9.18 Å². The van der Waals surface area contributed by atoms with E-state index in [9.17, 15) is 14.0 Å². The van der Waals surface area contributed by atoms with E-state index in [4.69, 9.17) is 23.2 Å². The first-order valence-corrected chi connectivity index (χ1v) is 11.2. The number of carbonyl (C=O) groups is 2. The standard InChI is InChI=1S/C26H18Cl2FN3O2/c27-21-6-4-18(12-22(21)28)15-32-25(33)23(30-26(32)34)13-16-5-7-24-19(10-16)8-9-31(24)14-17-2-1-3-20(29)11-17/h1-13H,14-15H2,(H,30,34)/b23-13+. The third kappa shape index (κ3) is 4.42. The molecule has 1 fully saturated rings. The van der Waals surface area contributed by atoms with Crippen LogP contribution in [-0.4, -0.2) is 21.4 Å². The number of halogens is 3. The largest absolute Gasteiger partial charge is 0.343 e. The van der Waals surface area contributed by atoms with Crippen molar-refractivity contribution in [3.8, 4) is 0 Å². The Bertz CT molecular complexity index is 1480. The summed E-state index contributed by atoms with van der Waals surface area (Å²) in [5.74, 6) is -0.681. The number of nitrogens with one attached hydrogen (secondary N) is 1. The summed E-state index contributed by atoms with van der Waals surface area (Å²) in [4.78, 5) is 26.4. The summed E-state index contributed by atoms with van der Waals surface area (Å²) < 4.78 is 15.5. The Morgan fingerprint density at radius 2 is 1.71 bits per heavy atom. The summed E-state index contributed by atoms with van der Waals surface area (Å²) in [6.07, 6.45) is 3.59. The first-order valence-electron chi connectivity index (χ1n) is 10.5. The van der Waals surface area contributed by atoms with Crippen molar-refractivity contribution in [3.63, 3.8) is 0 Å². The summed E-state index contributed by atoms with van der Waals surface area (Å²) in [5.41, 5.74) is 3.51. The van der Waals surface area contributed by atoms with E-state index in [2.05, 4.69) is 5.32 Å². The van der Waals surface area contributed by atoms with Gasteiger partial charge in [0.05, 0.1) is 16.6 Å². The molecule has 8 heteroatoms. The van der Waals surface area contributed by atoms with Crippen LogP contribution in [0.1, 0.15) is 16.7 Å². The molecule has 0 saturated carbocycles. The van der Waals surface area contributed by atoms with Gasteiger partial charge in [0.15, 0.2) is 0 Å². The predicted octanol–water partition coefficient (Wildman–Crippen LogP) is 6.23. The minimum absolute atomic E-state index is 0.0842. The highest BCUT2D eigenvalue weighted by atomic mass is 35.5. The van der Waals surface area contributed by atoms with Crippen LogP contribution in [0.3, 0.4) is 0 Å². The lowest BCUT2D eigenvalue weighted by Gasteiger charge is -2.12. The number of hydrogen-bond acceptors (Lipinski definition) is 2. The van der Waals surface area contributed by atoms with E-state index in [1.807, 2.05) is 41.1 Å². The van der Waals surface area contributed by atoms with Gasteiger partial charge in [-0.3, -0.25) is 9.69 Å². The Morgan fingerprint density at radius 3 is 2.50 bits per heavy atom. The second-order valence-corrected chi connectivity index (χ2v) is 8.83. The van der Waals surface area contributed by atoms with Gasteiger partial charge in [-0.2, -0.15) is 0 Å². The average Bonchev–Trinajstić information content (AvgIpc) is 3.31. The summed E-state index contributed by atoms with van der Waals surface area (Å²) >= 11 is 12.0. The van der Waals surface area contributed by atoms with Gasteiger partial charge in [-0.05, 0) is 65.2 Å². The first-order chi connectivity index (χ1) is 16.4. The number of aromatic nitrogens is 1. The van der Waals surface area contributed by atoms with Gasteiger partial charge in [0, 0.05) is 23.6 Å². The van der Waals surface area contributed by atoms with Crippen LogP contribution in [0.15, 0.2) is 78.6 Å². The fourth-order valence-electron chi connectivity index (χ4n) is 3.98. The highest BCUT2D eigenvalue weighted by Gasteiger charge is 2.33. The molecule has 1 aliphatic heterocycles. The van der Waals surface area contributed by atoms with Gasteiger partial charge in [0.1, 0.15) is 11.5 Å². The number of urea groups is 1. The Labute approximate surface area is 205 Å². The van der Waals surface area contributed by atoms with Gasteiger partial charge in [-0.15, -0.1) is 0 Å². The van der Waals surface area contributed by atoms with Crippen molar-refractivity contribution >= 4 is 52.1 Å². The van der Waals surface area contributed by atoms with Crippen LogP contribution in [0, 0.1) is 5.82 Å². The minimum Gasteiger partial charge on any atom is -0.343 e.